The van der Waals surface area contributed by atoms with Crippen molar-refractivity contribution in [2.45, 2.75) is 19.0 Å². The van der Waals surface area contributed by atoms with Crippen LogP contribution in [0.1, 0.15) is 18.5 Å². The van der Waals surface area contributed by atoms with Gasteiger partial charge in [-0.15, -0.1) is 0 Å². The third-order valence-electron chi connectivity index (χ3n) is 2.72. The minimum Gasteiger partial charge on any atom is -0.379 e. The summed E-state index contributed by atoms with van der Waals surface area (Å²) in [7, 11) is 3.83. The molecule has 0 amide bonds. The topological polar surface area (TPSA) is 71.3 Å². The van der Waals surface area contributed by atoms with E-state index in [1.54, 1.807) is 0 Å². The third kappa shape index (κ3) is 5.54. The predicted molar refractivity (Wildman–Crippen MR) is 72.2 cm³/mol. The number of anilines is 1. The van der Waals surface area contributed by atoms with Crippen molar-refractivity contribution in [2.24, 2.45) is 0 Å². The van der Waals surface area contributed by atoms with Crippen molar-refractivity contribution in [1.82, 2.24) is 9.88 Å². The molecule has 0 aliphatic heterocycles. The maximum Gasteiger partial charge on any atom is 0.433 e. The highest BCUT2D eigenvalue weighted by molar-refractivity contribution is 5.61. The van der Waals surface area contributed by atoms with Crippen LogP contribution >= 0.6 is 0 Å². The molecule has 0 aromatic carbocycles. The van der Waals surface area contributed by atoms with Crippen LogP contribution in [-0.2, 0) is 6.18 Å². The molecule has 21 heavy (non-hydrogen) atoms. The van der Waals surface area contributed by atoms with Crippen LogP contribution in [-0.4, -0.2) is 42.0 Å². The number of nitrogens with zero attached hydrogens (tertiary/aromatic N) is 3. The number of rotatable bonds is 7. The zero-order valence-electron chi connectivity index (χ0n) is 11.8. The van der Waals surface area contributed by atoms with Crippen molar-refractivity contribution in [2.75, 3.05) is 32.5 Å². The van der Waals surface area contributed by atoms with Crippen molar-refractivity contribution in [3.05, 3.63) is 28.1 Å². The molecule has 0 unspecified atom stereocenters. The lowest BCUT2D eigenvalue weighted by Gasteiger charge is -2.11. The molecular weight excluding hydrogens is 289 g/mol. The van der Waals surface area contributed by atoms with E-state index in [-0.39, 0.29) is 5.69 Å². The van der Waals surface area contributed by atoms with Crippen molar-refractivity contribution in [1.29, 1.82) is 0 Å². The number of pyridine rings is 1. The van der Waals surface area contributed by atoms with Gasteiger partial charge < -0.3 is 10.2 Å². The van der Waals surface area contributed by atoms with Crippen molar-refractivity contribution in [3.63, 3.8) is 0 Å². The fourth-order valence-electron chi connectivity index (χ4n) is 1.67. The summed E-state index contributed by atoms with van der Waals surface area (Å²) in [5.74, 6) is 0. The molecule has 0 aliphatic rings. The molecule has 1 N–H and O–H groups in total. The van der Waals surface area contributed by atoms with E-state index in [1.807, 2.05) is 19.0 Å². The number of alkyl halides is 3. The molecule has 0 saturated carbocycles. The summed E-state index contributed by atoms with van der Waals surface area (Å²) >= 11 is 0. The second-order valence-electron chi connectivity index (χ2n) is 4.78. The van der Waals surface area contributed by atoms with Gasteiger partial charge in [0.2, 0.25) is 0 Å². The van der Waals surface area contributed by atoms with Gasteiger partial charge in [0, 0.05) is 6.54 Å². The Morgan fingerprint density at radius 3 is 2.57 bits per heavy atom. The third-order valence-corrected chi connectivity index (χ3v) is 2.72. The van der Waals surface area contributed by atoms with Crippen molar-refractivity contribution >= 4 is 11.4 Å². The number of aromatic nitrogens is 1. The Bertz CT molecular complexity index is 492. The van der Waals surface area contributed by atoms with Gasteiger partial charge in [-0.1, -0.05) is 0 Å². The molecule has 0 spiro atoms. The number of nitro groups is 1. The quantitative estimate of drug-likeness (QED) is 0.476. The van der Waals surface area contributed by atoms with E-state index in [9.17, 15) is 23.3 Å². The van der Waals surface area contributed by atoms with E-state index in [2.05, 4.69) is 10.3 Å². The SMILES string of the molecule is CN(C)CCCCNc1cc(C(F)(F)F)ncc1[N+](=O)[O-]. The van der Waals surface area contributed by atoms with Crippen LogP contribution in [0.2, 0.25) is 0 Å². The van der Waals surface area contributed by atoms with Gasteiger partial charge >= 0.3 is 11.9 Å². The van der Waals surface area contributed by atoms with E-state index in [0.717, 1.165) is 13.0 Å². The van der Waals surface area contributed by atoms with Gasteiger partial charge in [0.15, 0.2) is 0 Å². The number of nitrogens with one attached hydrogen (secondary N) is 1. The van der Waals surface area contributed by atoms with Gasteiger partial charge in [-0.05, 0) is 39.5 Å². The molecule has 0 fully saturated rings. The zero-order valence-corrected chi connectivity index (χ0v) is 11.8. The number of hydrogen-bond acceptors (Lipinski definition) is 5. The molecule has 0 bridgehead atoms. The molecule has 0 radical (unpaired) electrons. The van der Waals surface area contributed by atoms with Crippen molar-refractivity contribution < 1.29 is 18.1 Å². The largest absolute Gasteiger partial charge is 0.433 e. The smallest absolute Gasteiger partial charge is 0.379 e. The molecule has 9 heteroatoms. The standard InChI is InChI=1S/C12H17F3N4O2/c1-18(2)6-4-3-5-16-9-7-11(12(13,14)15)17-8-10(9)19(20)21/h7-8H,3-6H2,1-2H3,(H,16,17). The van der Waals surface area contributed by atoms with Crippen LogP contribution in [0.3, 0.4) is 0 Å². The van der Waals surface area contributed by atoms with Crippen molar-refractivity contribution in [3.8, 4) is 0 Å². The average molecular weight is 306 g/mol. The Morgan fingerprint density at radius 1 is 1.38 bits per heavy atom. The first kappa shape index (κ1) is 17.2. The van der Waals surface area contributed by atoms with Gasteiger partial charge in [0.1, 0.15) is 17.6 Å². The summed E-state index contributed by atoms with van der Waals surface area (Å²) in [6.07, 6.45) is -2.47. The van der Waals surface area contributed by atoms with Crippen LogP contribution in [0, 0.1) is 10.1 Å². The second-order valence-corrected chi connectivity index (χ2v) is 4.78. The fraction of sp³-hybridized carbons (Fsp3) is 0.583. The number of hydrogen-bond donors (Lipinski definition) is 1. The Hall–Kier alpha value is -1.90. The second kappa shape index (κ2) is 7.21. The van der Waals surface area contributed by atoms with Gasteiger partial charge in [-0.2, -0.15) is 13.2 Å². The Balaban J connectivity index is 2.75. The van der Waals surface area contributed by atoms with Gasteiger partial charge in [0.05, 0.1) is 4.92 Å². The van der Waals surface area contributed by atoms with E-state index in [1.165, 1.54) is 0 Å². The average Bonchev–Trinajstić information content (AvgIpc) is 2.36. The first-order chi connectivity index (χ1) is 9.71. The first-order valence-electron chi connectivity index (χ1n) is 6.32. The van der Waals surface area contributed by atoms with Crippen LogP contribution in [0.4, 0.5) is 24.5 Å². The van der Waals surface area contributed by atoms with Crippen LogP contribution in [0.25, 0.3) is 0 Å². The molecule has 6 nitrogen and oxygen atoms in total. The summed E-state index contributed by atoms with van der Waals surface area (Å²) in [4.78, 5) is 15.1. The molecule has 118 valence electrons. The van der Waals surface area contributed by atoms with E-state index >= 15 is 0 Å². The molecule has 1 aromatic rings. The molecule has 0 saturated heterocycles. The lowest BCUT2D eigenvalue weighted by Crippen LogP contribution is -2.15. The molecular formula is C12H17F3N4O2. The van der Waals surface area contributed by atoms with Gasteiger partial charge in [-0.3, -0.25) is 10.1 Å². The Labute approximate surface area is 120 Å². The van der Waals surface area contributed by atoms with Crippen LogP contribution in [0.5, 0.6) is 0 Å². The summed E-state index contributed by atoms with van der Waals surface area (Å²) in [6.45, 7) is 1.20. The maximum atomic E-state index is 12.6. The molecule has 1 rings (SSSR count). The monoisotopic (exact) mass is 306 g/mol. The lowest BCUT2D eigenvalue weighted by molar-refractivity contribution is -0.384. The minimum absolute atomic E-state index is 0.160. The normalized spacial score (nSPS) is 11.7. The maximum absolute atomic E-state index is 12.6. The highest BCUT2D eigenvalue weighted by Gasteiger charge is 2.34. The Morgan fingerprint density at radius 2 is 2.05 bits per heavy atom. The summed E-state index contributed by atoms with van der Waals surface area (Å²) < 4.78 is 37.7. The van der Waals surface area contributed by atoms with E-state index < -0.39 is 22.5 Å². The lowest BCUT2D eigenvalue weighted by atomic mass is 10.2. The summed E-state index contributed by atoms with van der Waals surface area (Å²) in [5.41, 5.74) is -1.77. The summed E-state index contributed by atoms with van der Waals surface area (Å²) in [6, 6.07) is 0.671. The van der Waals surface area contributed by atoms with Crippen LogP contribution in [0.15, 0.2) is 12.3 Å². The zero-order chi connectivity index (χ0) is 16.0. The van der Waals surface area contributed by atoms with E-state index in [4.69, 9.17) is 0 Å². The van der Waals surface area contributed by atoms with E-state index in [0.29, 0.717) is 25.2 Å². The minimum atomic E-state index is -4.63. The predicted octanol–water partition coefficient (Wildman–Crippen LogP) is 2.76. The molecule has 0 aliphatic carbocycles. The van der Waals surface area contributed by atoms with Gasteiger partial charge in [-0.25, -0.2) is 4.98 Å². The number of halogens is 3. The van der Waals surface area contributed by atoms with Gasteiger partial charge in [0.25, 0.3) is 0 Å². The fourth-order valence-corrected chi connectivity index (χ4v) is 1.67. The highest BCUT2D eigenvalue weighted by Crippen LogP contribution is 2.32. The number of unbranched alkanes of at least 4 members (excludes halogenated alkanes) is 1. The highest BCUT2D eigenvalue weighted by atomic mass is 19.4. The molecule has 1 heterocycles. The first-order valence-corrected chi connectivity index (χ1v) is 6.32. The Kier molecular flexibility index (Phi) is 5.89. The van der Waals surface area contributed by atoms with Crippen LogP contribution < -0.4 is 5.32 Å². The summed E-state index contributed by atoms with van der Waals surface area (Å²) in [5, 5.41) is 13.5. The molecule has 0 atom stereocenters. The molecule has 1 aromatic heterocycles.